The van der Waals surface area contributed by atoms with Crippen LogP contribution < -0.4 is 0 Å². The molecular weight excluding hydrogens is 119 g/mol. The minimum atomic E-state index is 0. The van der Waals surface area contributed by atoms with Crippen molar-refractivity contribution in [1.29, 1.82) is 0 Å². The van der Waals surface area contributed by atoms with Gasteiger partial charge in [0, 0.05) is 24.8 Å². The second-order valence-corrected chi connectivity index (χ2v) is 0. The molecule has 0 amide bonds. The number of hydrogen-bond acceptors (Lipinski definition) is 0. The van der Waals surface area contributed by atoms with Crippen molar-refractivity contribution in [2.24, 2.45) is 0 Å². The largest absolute Gasteiger partial charge is 2.00 e. The summed E-state index contributed by atoms with van der Waals surface area (Å²) in [6, 6.07) is 0. The number of hydrogen-bond donors (Lipinski definition) is 0. The van der Waals surface area contributed by atoms with Gasteiger partial charge in [0.2, 0.25) is 0 Å². The SMILES string of the molecule is [Al].[C].[Cu+2].[O-2]. The number of rotatable bonds is 0. The molecule has 0 aromatic rings. The first-order valence-corrected chi connectivity index (χ1v) is 0. The van der Waals surface area contributed by atoms with Gasteiger partial charge >= 0.3 is 17.1 Å². The quantitative estimate of drug-likeness (QED) is 0.387. The molecule has 4 heavy (non-hydrogen) atoms. The molecule has 0 aromatic heterocycles. The molecule has 0 bridgehead atoms. The van der Waals surface area contributed by atoms with E-state index in [-0.39, 0.29) is 47.3 Å². The second-order valence-electron chi connectivity index (χ2n) is 0. The maximum atomic E-state index is 0. The van der Waals surface area contributed by atoms with Crippen LogP contribution in [-0.2, 0) is 22.5 Å². The van der Waals surface area contributed by atoms with Crippen LogP contribution in [0.1, 0.15) is 0 Å². The van der Waals surface area contributed by atoms with Crippen LogP contribution in [0.2, 0.25) is 0 Å². The monoisotopic (exact) mass is 118 g/mol. The van der Waals surface area contributed by atoms with Gasteiger partial charge in [-0.2, -0.15) is 0 Å². The first-order valence-electron chi connectivity index (χ1n) is 0. The van der Waals surface area contributed by atoms with Crippen LogP contribution in [0.25, 0.3) is 0 Å². The van der Waals surface area contributed by atoms with E-state index in [0.717, 1.165) is 0 Å². The van der Waals surface area contributed by atoms with Gasteiger partial charge in [-0.05, 0) is 0 Å². The van der Waals surface area contributed by atoms with Gasteiger partial charge in [-0.15, -0.1) is 0 Å². The third kappa shape index (κ3) is 11.9. The van der Waals surface area contributed by atoms with Gasteiger partial charge in [0.25, 0.3) is 0 Å². The van der Waals surface area contributed by atoms with Crippen molar-refractivity contribution in [3.63, 3.8) is 0 Å². The fourth-order valence-electron chi connectivity index (χ4n) is 0. The molecule has 0 aliphatic heterocycles. The predicted molar refractivity (Wildman–Crippen MR) is 9.68 cm³/mol. The maximum absolute atomic E-state index is 0. The van der Waals surface area contributed by atoms with Gasteiger partial charge in [-0.1, -0.05) is 0 Å². The van der Waals surface area contributed by atoms with Crippen molar-refractivity contribution in [2.45, 2.75) is 0 Å². The molecule has 0 heterocycles. The van der Waals surface area contributed by atoms with Gasteiger partial charge in [0.1, 0.15) is 0 Å². The summed E-state index contributed by atoms with van der Waals surface area (Å²) in [5.41, 5.74) is 0. The molecule has 0 atom stereocenters. The molecule has 0 rings (SSSR count). The van der Waals surface area contributed by atoms with Crippen molar-refractivity contribution in [2.75, 3.05) is 0 Å². The first-order chi connectivity index (χ1) is 0. The Morgan fingerprint density at radius 1 is 1.00 bits per heavy atom. The zero-order chi connectivity index (χ0) is 0. The van der Waals surface area contributed by atoms with Gasteiger partial charge in [0.05, 0.1) is 0 Å². The van der Waals surface area contributed by atoms with E-state index in [0.29, 0.717) is 0 Å². The molecule has 3 heteroatoms. The van der Waals surface area contributed by atoms with E-state index >= 15 is 0 Å². The molecule has 8 radical (unpaired) electrons. The fraction of sp³-hybridized carbons (Fsp3) is 0. The van der Waals surface area contributed by atoms with Crippen LogP contribution in [0.3, 0.4) is 0 Å². The predicted octanol–water partition coefficient (Wildman–Crippen LogP) is -0.421. The van der Waals surface area contributed by atoms with Crippen LogP contribution in [0, 0.1) is 7.43 Å². The molecule has 0 aromatic carbocycles. The van der Waals surface area contributed by atoms with E-state index in [1.54, 1.807) is 0 Å². The molecule has 0 aliphatic carbocycles. The smallest absolute Gasteiger partial charge is 2.00 e. The summed E-state index contributed by atoms with van der Waals surface area (Å²) in [5.74, 6) is 0. The molecule has 0 saturated heterocycles. The molecule has 0 fully saturated rings. The van der Waals surface area contributed by atoms with Crippen molar-refractivity contribution < 1.29 is 22.5 Å². The van der Waals surface area contributed by atoms with E-state index in [2.05, 4.69) is 0 Å². The summed E-state index contributed by atoms with van der Waals surface area (Å²) in [7, 11) is 0. The van der Waals surface area contributed by atoms with Crippen LogP contribution in [0.5, 0.6) is 0 Å². The Labute approximate surface area is 47.7 Å². The minimum Gasteiger partial charge on any atom is -2.00 e. The van der Waals surface area contributed by atoms with Crippen LogP contribution >= 0.6 is 0 Å². The maximum Gasteiger partial charge on any atom is 2.00 e. The van der Waals surface area contributed by atoms with Crippen LogP contribution in [-0.4, -0.2) is 17.4 Å². The van der Waals surface area contributed by atoms with Crippen molar-refractivity contribution in [1.82, 2.24) is 0 Å². The van der Waals surface area contributed by atoms with Gasteiger partial charge in [0.15, 0.2) is 0 Å². The topological polar surface area (TPSA) is 28.5 Å². The fourth-order valence-corrected chi connectivity index (χ4v) is 0. The molecule has 24 valence electrons. The Kier molecular flexibility index (Phi) is 700. The van der Waals surface area contributed by atoms with Crippen LogP contribution in [0.4, 0.5) is 0 Å². The van der Waals surface area contributed by atoms with Gasteiger partial charge < -0.3 is 5.48 Å². The molecule has 1 nitrogen and oxygen atoms in total. The summed E-state index contributed by atoms with van der Waals surface area (Å²) in [4.78, 5) is 0. The summed E-state index contributed by atoms with van der Waals surface area (Å²) in [6.45, 7) is 0. The zero-order valence-corrected chi connectivity index (χ0v) is 3.88. The van der Waals surface area contributed by atoms with Gasteiger partial charge in [-0.3, -0.25) is 0 Å². The zero-order valence-electron chi connectivity index (χ0n) is 1.79. The Morgan fingerprint density at radius 2 is 1.00 bits per heavy atom. The summed E-state index contributed by atoms with van der Waals surface area (Å²) in [5, 5.41) is 0. The van der Waals surface area contributed by atoms with Crippen molar-refractivity contribution >= 4 is 17.4 Å². The Morgan fingerprint density at radius 3 is 1.00 bits per heavy atom. The third-order valence-electron chi connectivity index (χ3n) is 0. The van der Waals surface area contributed by atoms with E-state index in [1.165, 1.54) is 0 Å². The standard InChI is InChI=1S/C.Al.Cu.O/q;;+2;-2. The average Bonchev–Trinajstić information content (AvgIpc) is 0. The molecule has 0 aliphatic rings. The van der Waals surface area contributed by atoms with E-state index in [4.69, 9.17) is 0 Å². The summed E-state index contributed by atoms with van der Waals surface area (Å²) >= 11 is 0. The molecule has 0 saturated carbocycles. The van der Waals surface area contributed by atoms with E-state index in [1.807, 2.05) is 0 Å². The average molecular weight is 119 g/mol. The Hall–Kier alpha value is 1.01. The minimum absolute atomic E-state index is 0. The normalized spacial score (nSPS) is 0. The van der Waals surface area contributed by atoms with Gasteiger partial charge in [-0.25, -0.2) is 0 Å². The molecule has 0 spiro atoms. The molecular formula is CAlCuO. The summed E-state index contributed by atoms with van der Waals surface area (Å²) in [6.07, 6.45) is 0. The van der Waals surface area contributed by atoms with E-state index < -0.39 is 0 Å². The van der Waals surface area contributed by atoms with Crippen LogP contribution in [0.15, 0.2) is 0 Å². The van der Waals surface area contributed by atoms with Crippen molar-refractivity contribution in [3.8, 4) is 0 Å². The molecule has 0 N–H and O–H groups in total. The van der Waals surface area contributed by atoms with E-state index in [9.17, 15) is 0 Å². The summed E-state index contributed by atoms with van der Waals surface area (Å²) < 4.78 is 0. The third-order valence-corrected chi connectivity index (χ3v) is 0. The Bertz CT molecular complexity index is 8.00. The Balaban J connectivity index is 0. The van der Waals surface area contributed by atoms with Crippen molar-refractivity contribution in [3.05, 3.63) is 7.43 Å². The molecule has 0 unspecified atom stereocenters. The second kappa shape index (κ2) is 35.5. The first kappa shape index (κ1) is 78.8.